The van der Waals surface area contributed by atoms with E-state index in [4.69, 9.17) is 14.6 Å². The fraction of sp³-hybridized carbons (Fsp3) is 0.414. The van der Waals surface area contributed by atoms with Crippen LogP contribution >= 0.6 is 0 Å². The van der Waals surface area contributed by atoms with Crippen LogP contribution in [-0.2, 0) is 10.2 Å². The molecule has 8 heteroatoms. The molecule has 0 radical (unpaired) electrons. The second-order valence-electron chi connectivity index (χ2n) is 10.4. The van der Waals surface area contributed by atoms with Gasteiger partial charge in [0.25, 0.3) is 5.91 Å². The monoisotopic (exact) mass is 506 g/mol. The summed E-state index contributed by atoms with van der Waals surface area (Å²) in [4.78, 5) is 28.3. The summed E-state index contributed by atoms with van der Waals surface area (Å²) in [5.41, 5.74) is 1.83. The lowest BCUT2D eigenvalue weighted by Gasteiger charge is -2.24. The summed E-state index contributed by atoms with van der Waals surface area (Å²) in [7, 11) is 3.15. The Morgan fingerprint density at radius 2 is 1.70 bits per heavy atom. The number of carbonyl (C=O) groups is 2. The largest absolute Gasteiger partial charge is 0.497 e. The molecule has 0 aliphatic rings. The molecular weight excluding hydrogens is 468 g/mol. The third kappa shape index (κ3) is 7.12. The number of aromatic nitrogens is 2. The van der Waals surface area contributed by atoms with Crippen LogP contribution in [0.1, 0.15) is 57.1 Å². The molecule has 8 nitrogen and oxygen atoms in total. The Morgan fingerprint density at radius 1 is 1.03 bits per heavy atom. The van der Waals surface area contributed by atoms with Crippen molar-refractivity contribution in [3.63, 3.8) is 0 Å². The van der Waals surface area contributed by atoms with Crippen LogP contribution in [-0.4, -0.2) is 53.8 Å². The highest BCUT2D eigenvalue weighted by Gasteiger charge is 2.25. The topological polar surface area (TPSA) is 85.7 Å². The van der Waals surface area contributed by atoms with Gasteiger partial charge in [-0.25, -0.2) is 4.68 Å². The molecule has 0 saturated heterocycles. The predicted octanol–water partition coefficient (Wildman–Crippen LogP) is 5.31. The van der Waals surface area contributed by atoms with Gasteiger partial charge in [-0.05, 0) is 48.7 Å². The molecule has 3 rings (SSSR count). The number of nitrogens with one attached hydrogen (secondary N) is 1. The summed E-state index contributed by atoms with van der Waals surface area (Å²) in [5.74, 6) is 1.58. The molecule has 198 valence electrons. The van der Waals surface area contributed by atoms with E-state index in [2.05, 4.69) is 39.9 Å². The number of anilines is 1. The number of nitrogens with zero attached hydrogens (tertiary/aromatic N) is 3. The zero-order valence-corrected chi connectivity index (χ0v) is 22.9. The van der Waals surface area contributed by atoms with Gasteiger partial charge in [-0.2, -0.15) is 5.10 Å². The fourth-order valence-electron chi connectivity index (χ4n) is 3.77. The molecule has 0 bridgehead atoms. The highest BCUT2D eigenvalue weighted by Crippen LogP contribution is 2.27. The quantitative estimate of drug-likeness (QED) is 0.403. The third-order valence-corrected chi connectivity index (χ3v) is 6.00. The third-order valence-electron chi connectivity index (χ3n) is 6.00. The van der Waals surface area contributed by atoms with Crippen LogP contribution in [0.15, 0.2) is 54.6 Å². The predicted molar refractivity (Wildman–Crippen MR) is 146 cm³/mol. The van der Waals surface area contributed by atoms with Crippen molar-refractivity contribution in [2.75, 3.05) is 32.6 Å². The number of ether oxygens (including phenoxy) is 2. The van der Waals surface area contributed by atoms with Crippen molar-refractivity contribution in [1.82, 2.24) is 14.7 Å². The van der Waals surface area contributed by atoms with Crippen LogP contribution in [0.3, 0.4) is 0 Å². The molecular formula is C29H38N4O4. The molecule has 1 heterocycles. The normalized spacial score (nSPS) is 11.4. The van der Waals surface area contributed by atoms with E-state index in [1.165, 1.54) is 7.11 Å². The molecule has 0 unspecified atom stereocenters. The van der Waals surface area contributed by atoms with E-state index in [1.54, 1.807) is 34.9 Å². The van der Waals surface area contributed by atoms with Crippen molar-refractivity contribution < 1.29 is 19.1 Å². The summed E-state index contributed by atoms with van der Waals surface area (Å²) < 4.78 is 12.4. The van der Waals surface area contributed by atoms with Gasteiger partial charge in [0, 0.05) is 18.0 Å². The minimum absolute atomic E-state index is 0.0950. The molecule has 0 saturated carbocycles. The van der Waals surface area contributed by atoms with E-state index in [1.807, 2.05) is 36.4 Å². The Bertz CT molecular complexity index is 1210. The number of rotatable bonds is 10. The first-order valence-electron chi connectivity index (χ1n) is 12.5. The van der Waals surface area contributed by atoms with Gasteiger partial charge in [0.1, 0.15) is 23.9 Å². The summed E-state index contributed by atoms with van der Waals surface area (Å²) in [5, 5.41) is 7.76. The Labute approximate surface area is 219 Å². The maximum Gasteiger partial charge on any atom is 0.258 e. The number of benzene rings is 2. The van der Waals surface area contributed by atoms with Gasteiger partial charge < -0.3 is 19.7 Å². The highest BCUT2D eigenvalue weighted by atomic mass is 16.5. The van der Waals surface area contributed by atoms with Crippen LogP contribution in [0.5, 0.6) is 11.5 Å². The first kappa shape index (κ1) is 27.8. The zero-order chi connectivity index (χ0) is 27.2. The number of para-hydroxylation sites is 1. The maximum absolute atomic E-state index is 13.4. The molecule has 1 N–H and O–H groups in total. The minimum Gasteiger partial charge on any atom is -0.497 e. The second-order valence-corrected chi connectivity index (χ2v) is 10.4. The molecule has 3 aromatic rings. The van der Waals surface area contributed by atoms with Gasteiger partial charge >= 0.3 is 0 Å². The molecule has 2 amide bonds. The van der Waals surface area contributed by atoms with E-state index < -0.39 is 0 Å². The summed E-state index contributed by atoms with van der Waals surface area (Å²) >= 11 is 0. The van der Waals surface area contributed by atoms with E-state index in [0.717, 1.165) is 23.6 Å². The smallest absolute Gasteiger partial charge is 0.258 e. The van der Waals surface area contributed by atoms with Gasteiger partial charge in [-0.3, -0.25) is 9.59 Å². The fourth-order valence-corrected chi connectivity index (χ4v) is 3.77. The number of hydrogen-bond acceptors (Lipinski definition) is 5. The van der Waals surface area contributed by atoms with Crippen LogP contribution < -0.4 is 14.8 Å². The van der Waals surface area contributed by atoms with E-state index in [9.17, 15) is 9.59 Å². The summed E-state index contributed by atoms with van der Waals surface area (Å²) in [6, 6.07) is 16.4. The molecule has 0 fully saturated rings. The van der Waals surface area contributed by atoms with Crippen molar-refractivity contribution in [2.24, 2.45) is 5.92 Å². The lowest BCUT2D eigenvalue weighted by Crippen LogP contribution is -2.39. The Balaban J connectivity index is 1.88. The SMILES string of the molecule is COc1ccc(-n2nc(C(C)(C)C)cc2NC(=O)CN(CCC(C)C)C(=O)c2ccccc2OC)cc1. The van der Waals surface area contributed by atoms with Crippen molar-refractivity contribution in [3.05, 3.63) is 65.9 Å². The Hall–Kier alpha value is -3.81. The standard InChI is InChI=1S/C29H38N4O4/c1-20(2)16-17-32(28(35)23-10-8-9-11-24(23)37-7)19-27(34)30-26-18-25(29(3,4)5)31-33(26)21-12-14-22(36-6)15-13-21/h8-15,18,20H,16-17,19H2,1-7H3,(H,30,34). The van der Waals surface area contributed by atoms with Gasteiger partial charge in [0.2, 0.25) is 5.91 Å². The van der Waals surface area contributed by atoms with Crippen LogP contribution in [0.2, 0.25) is 0 Å². The van der Waals surface area contributed by atoms with Crippen molar-refractivity contribution in [1.29, 1.82) is 0 Å². The van der Waals surface area contributed by atoms with Crippen molar-refractivity contribution in [2.45, 2.75) is 46.5 Å². The van der Waals surface area contributed by atoms with E-state index >= 15 is 0 Å². The Morgan fingerprint density at radius 3 is 2.30 bits per heavy atom. The van der Waals surface area contributed by atoms with Crippen LogP contribution in [0.4, 0.5) is 5.82 Å². The maximum atomic E-state index is 13.4. The van der Waals surface area contributed by atoms with Crippen molar-refractivity contribution in [3.8, 4) is 17.2 Å². The molecule has 1 aromatic heterocycles. The van der Waals surface area contributed by atoms with Gasteiger partial charge in [0.05, 0.1) is 31.2 Å². The average Bonchev–Trinajstić information content (AvgIpc) is 3.30. The lowest BCUT2D eigenvalue weighted by molar-refractivity contribution is -0.117. The van der Waals surface area contributed by atoms with Crippen LogP contribution in [0.25, 0.3) is 5.69 Å². The van der Waals surface area contributed by atoms with Crippen LogP contribution in [0, 0.1) is 5.92 Å². The Kier molecular flexibility index (Phi) is 8.97. The second kappa shape index (κ2) is 12.0. The molecule has 0 spiro atoms. The first-order chi connectivity index (χ1) is 17.5. The highest BCUT2D eigenvalue weighted by molar-refractivity contribution is 6.00. The van der Waals surface area contributed by atoms with Crippen molar-refractivity contribution >= 4 is 17.6 Å². The number of methoxy groups -OCH3 is 2. The minimum atomic E-state index is -0.304. The number of carbonyl (C=O) groups excluding carboxylic acids is 2. The van der Waals surface area contributed by atoms with Gasteiger partial charge in [0.15, 0.2) is 0 Å². The van der Waals surface area contributed by atoms with E-state index in [0.29, 0.717) is 29.6 Å². The zero-order valence-electron chi connectivity index (χ0n) is 22.9. The lowest BCUT2D eigenvalue weighted by atomic mass is 9.92. The van der Waals surface area contributed by atoms with Gasteiger partial charge in [-0.1, -0.05) is 46.8 Å². The summed E-state index contributed by atoms with van der Waals surface area (Å²) in [6.45, 7) is 10.7. The first-order valence-corrected chi connectivity index (χ1v) is 12.5. The van der Waals surface area contributed by atoms with Gasteiger partial charge in [-0.15, -0.1) is 0 Å². The number of hydrogen-bond donors (Lipinski definition) is 1. The average molecular weight is 507 g/mol. The van der Waals surface area contributed by atoms with E-state index in [-0.39, 0.29) is 23.8 Å². The number of amides is 2. The molecule has 0 aliphatic carbocycles. The molecule has 0 atom stereocenters. The summed E-state index contributed by atoms with van der Waals surface area (Å²) in [6.07, 6.45) is 0.770. The molecule has 0 aliphatic heterocycles. The molecule has 37 heavy (non-hydrogen) atoms. The molecule has 2 aromatic carbocycles.